The average molecular weight is 278 g/mol. The highest BCUT2D eigenvalue weighted by atomic mass is 19.3. The summed E-state index contributed by atoms with van der Waals surface area (Å²) in [6.07, 6.45) is -3.71. The number of nitrogens with two attached hydrogens (primary N) is 2. The maximum atomic E-state index is 13.9. The van der Waals surface area contributed by atoms with E-state index in [2.05, 4.69) is 4.98 Å². The lowest BCUT2D eigenvalue weighted by Gasteiger charge is -2.24. The SMILES string of the molecule is Nc1ccn(C2OC(N)(CO)C(O)C2(F)F)c(=O)n1. The van der Waals surface area contributed by atoms with E-state index in [1.165, 1.54) is 0 Å². The highest BCUT2D eigenvalue weighted by Crippen LogP contribution is 2.45. The van der Waals surface area contributed by atoms with Crippen LogP contribution in [0.4, 0.5) is 14.6 Å². The molecule has 0 amide bonds. The predicted molar refractivity (Wildman–Crippen MR) is 58.0 cm³/mol. The molecule has 3 atom stereocenters. The van der Waals surface area contributed by atoms with E-state index in [9.17, 15) is 18.7 Å². The van der Waals surface area contributed by atoms with Crippen LogP contribution < -0.4 is 17.2 Å². The topological polar surface area (TPSA) is 137 Å². The van der Waals surface area contributed by atoms with Gasteiger partial charge in [-0.25, -0.2) is 4.79 Å². The van der Waals surface area contributed by atoms with Crippen LogP contribution in [-0.2, 0) is 4.74 Å². The van der Waals surface area contributed by atoms with Gasteiger partial charge in [-0.15, -0.1) is 0 Å². The fourth-order valence-electron chi connectivity index (χ4n) is 1.78. The van der Waals surface area contributed by atoms with Crippen LogP contribution in [0.15, 0.2) is 17.1 Å². The lowest BCUT2D eigenvalue weighted by Crippen LogP contribution is -2.55. The summed E-state index contributed by atoms with van der Waals surface area (Å²) in [7, 11) is 0. The van der Waals surface area contributed by atoms with Crippen molar-refractivity contribution in [1.29, 1.82) is 0 Å². The molecule has 19 heavy (non-hydrogen) atoms. The maximum absolute atomic E-state index is 13.9. The number of nitrogens with zero attached hydrogens (tertiary/aromatic N) is 2. The van der Waals surface area contributed by atoms with E-state index in [0.29, 0.717) is 4.57 Å². The van der Waals surface area contributed by atoms with Crippen molar-refractivity contribution in [3.63, 3.8) is 0 Å². The molecule has 0 aromatic carbocycles. The third-order valence-corrected chi connectivity index (χ3v) is 2.84. The summed E-state index contributed by atoms with van der Waals surface area (Å²) in [4.78, 5) is 14.8. The third kappa shape index (κ3) is 1.98. The van der Waals surface area contributed by atoms with E-state index in [4.69, 9.17) is 21.3 Å². The van der Waals surface area contributed by atoms with Crippen LogP contribution in [0.3, 0.4) is 0 Å². The second kappa shape index (κ2) is 4.20. The fraction of sp³-hybridized carbons (Fsp3) is 0.556. The highest BCUT2D eigenvalue weighted by Gasteiger charge is 2.65. The van der Waals surface area contributed by atoms with Gasteiger partial charge in [-0.3, -0.25) is 10.3 Å². The molecule has 1 aromatic rings. The first-order valence-corrected chi connectivity index (χ1v) is 5.20. The second-order valence-electron chi connectivity index (χ2n) is 4.20. The molecule has 2 rings (SSSR count). The van der Waals surface area contributed by atoms with E-state index in [-0.39, 0.29) is 5.82 Å². The lowest BCUT2D eigenvalue weighted by atomic mass is 10.1. The van der Waals surface area contributed by atoms with E-state index in [1.807, 2.05) is 0 Å². The van der Waals surface area contributed by atoms with Gasteiger partial charge in [0.05, 0.1) is 6.61 Å². The summed E-state index contributed by atoms with van der Waals surface area (Å²) in [6, 6.07) is 1.11. The van der Waals surface area contributed by atoms with E-state index in [1.54, 1.807) is 0 Å². The first-order chi connectivity index (χ1) is 8.72. The minimum absolute atomic E-state index is 0.149. The second-order valence-corrected chi connectivity index (χ2v) is 4.20. The maximum Gasteiger partial charge on any atom is 0.351 e. The van der Waals surface area contributed by atoms with Crippen molar-refractivity contribution in [2.75, 3.05) is 12.3 Å². The van der Waals surface area contributed by atoms with Crippen LogP contribution in [0.25, 0.3) is 0 Å². The molecule has 106 valence electrons. The third-order valence-electron chi connectivity index (χ3n) is 2.84. The summed E-state index contributed by atoms with van der Waals surface area (Å²) < 4.78 is 32.9. The Balaban J connectivity index is 2.48. The van der Waals surface area contributed by atoms with Crippen LogP contribution in [-0.4, -0.2) is 44.1 Å². The summed E-state index contributed by atoms with van der Waals surface area (Å²) in [5.41, 5.74) is 7.11. The van der Waals surface area contributed by atoms with Crippen molar-refractivity contribution in [1.82, 2.24) is 9.55 Å². The van der Waals surface area contributed by atoms with E-state index < -0.39 is 36.3 Å². The Kier molecular flexibility index (Phi) is 3.05. The summed E-state index contributed by atoms with van der Waals surface area (Å²) in [5, 5.41) is 18.4. The number of ether oxygens (including phenoxy) is 1. The van der Waals surface area contributed by atoms with Crippen LogP contribution in [0.5, 0.6) is 0 Å². The molecule has 0 aliphatic carbocycles. The number of halogens is 2. The molecule has 1 aliphatic rings. The van der Waals surface area contributed by atoms with Gasteiger partial charge in [-0.2, -0.15) is 13.8 Å². The molecule has 3 unspecified atom stereocenters. The lowest BCUT2D eigenvalue weighted by molar-refractivity contribution is -0.144. The molecule has 2 heterocycles. The normalized spacial score (nSPS) is 33.5. The Morgan fingerprint density at radius 2 is 2.21 bits per heavy atom. The first-order valence-electron chi connectivity index (χ1n) is 5.20. The molecule has 0 bridgehead atoms. The van der Waals surface area contributed by atoms with Gasteiger partial charge in [0.1, 0.15) is 5.82 Å². The molecule has 1 aromatic heterocycles. The molecular weight excluding hydrogens is 266 g/mol. The van der Waals surface area contributed by atoms with Crippen LogP contribution in [0, 0.1) is 0 Å². The molecule has 10 heteroatoms. The summed E-state index contributed by atoms with van der Waals surface area (Å²) in [5.74, 6) is -4.02. The Morgan fingerprint density at radius 3 is 2.68 bits per heavy atom. The first kappa shape index (κ1) is 13.8. The van der Waals surface area contributed by atoms with Gasteiger partial charge in [0.2, 0.25) is 6.23 Å². The van der Waals surface area contributed by atoms with Crippen molar-refractivity contribution in [2.24, 2.45) is 5.73 Å². The highest BCUT2D eigenvalue weighted by molar-refractivity contribution is 5.23. The number of aromatic nitrogens is 2. The Labute approximate surface area is 105 Å². The average Bonchev–Trinajstić information content (AvgIpc) is 2.51. The van der Waals surface area contributed by atoms with Gasteiger partial charge in [-0.1, -0.05) is 0 Å². The van der Waals surface area contributed by atoms with Crippen molar-refractivity contribution in [3.8, 4) is 0 Å². The van der Waals surface area contributed by atoms with Crippen LogP contribution in [0.1, 0.15) is 6.23 Å². The quantitative estimate of drug-likeness (QED) is 0.491. The minimum Gasteiger partial charge on any atom is -0.392 e. The van der Waals surface area contributed by atoms with Crippen molar-refractivity contribution < 1.29 is 23.7 Å². The van der Waals surface area contributed by atoms with Crippen molar-refractivity contribution >= 4 is 5.82 Å². The molecule has 8 nitrogen and oxygen atoms in total. The van der Waals surface area contributed by atoms with Gasteiger partial charge < -0.3 is 20.7 Å². The van der Waals surface area contributed by atoms with Gasteiger partial charge in [-0.05, 0) is 6.07 Å². The summed E-state index contributed by atoms with van der Waals surface area (Å²) in [6.45, 7) is -1.04. The van der Waals surface area contributed by atoms with Gasteiger partial charge in [0.15, 0.2) is 11.8 Å². The number of aliphatic hydroxyl groups excluding tert-OH is 2. The van der Waals surface area contributed by atoms with Gasteiger partial charge in [0, 0.05) is 6.20 Å². The van der Waals surface area contributed by atoms with E-state index >= 15 is 0 Å². The Hall–Kier alpha value is -1.62. The number of alkyl halides is 2. The molecular formula is C9H12F2N4O4. The molecule has 6 N–H and O–H groups in total. The summed E-state index contributed by atoms with van der Waals surface area (Å²) >= 11 is 0. The standard InChI is InChI=1S/C9H12F2N4O4/c10-9(11)5(17)8(13,3-16)19-6(9)15-2-1-4(12)14-7(15)18/h1-2,5-6,16-17H,3,13H2,(H2,12,14,18). The number of nitrogen functional groups attached to an aromatic ring is 1. The van der Waals surface area contributed by atoms with Crippen LogP contribution >= 0.6 is 0 Å². The predicted octanol–water partition coefficient (Wildman–Crippen LogP) is -2.00. The number of anilines is 1. The Morgan fingerprint density at radius 1 is 1.58 bits per heavy atom. The smallest absolute Gasteiger partial charge is 0.351 e. The van der Waals surface area contributed by atoms with Gasteiger partial charge >= 0.3 is 11.6 Å². The number of hydrogen-bond acceptors (Lipinski definition) is 7. The number of aliphatic hydroxyl groups is 2. The Bertz CT molecular complexity index is 551. The molecule has 1 aliphatic heterocycles. The molecule has 0 saturated carbocycles. The molecule has 0 spiro atoms. The largest absolute Gasteiger partial charge is 0.392 e. The zero-order valence-corrected chi connectivity index (χ0v) is 9.53. The number of hydrogen-bond donors (Lipinski definition) is 4. The van der Waals surface area contributed by atoms with E-state index in [0.717, 1.165) is 12.3 Å². The molecule has 1 saturated heterocycles. The number of rotatable bonds is 2. The zero-order chi connectivity index (χ0) is 14.4. The molecule has 0 radical (unpaired) electrons. The van der Waals surface area contributed by atoms with Gasteiger partial charge in [0.25, 0.3) is 0 Å². The fourth-order valence-corrected chi connectivity index (χ4v) is 1.78. The van der Waals surface area contributed by atoms with Crippen molar-refractivity contribution in [2.45, 2.75) is 24.0 Å². The zero-order valence-electron chi connectivity index (χ0n) is 9.53. The monoisotopic (exact) mass is 278 g/mol. The van der Waals surface area contributed by atoms with Crippen molar-refractivity contribution in [3.05, 3.63) is 22.7 Å². The minimum atomic E-state index is -3.88. The molecule has 1 fully saturated rings. The van der Waals surface area contributed by atoms with Crippen LogP contribution in [0.2, 0.25) is 0 Å².